The predicted octanol–water partition coefficient (Wildman–Crippen LogP) is 4.81. The molecule has 1 aromatic rings. The molecule has 0 radical (unpaired) electrons. The first-order valence-corrected chi connectivity index (χ1v) is 7.05. The van der Waals surface area contributed by atoms with E-state index >= 15 is 0 Å². The summed E-state index contributed by atoms with van der Waals surface area (Å²) < 4.78 is 0. The highest BCUT2D eigenvalue weighted by atomic mass is 14.4. The summed E-state index contributed by atoms with van der Waals surface area (Å²) in [5.41, 5.74) is 6.80. The quantitative estimate of drug-likeness (QED) is 0.678. The van der Waals surface area contributed by atoms with Crippen LogP contribution in [-0.4, -0.2) is 0 Å². The van der Waals surface area contributed by atoms with Crippen LogP contribution in [0.25, 0.3) is 5.57 Å². The average Bonchev–Trinajstić information content (AvgIpc) is 2.65. The molecule has 0 aliphatic heterocycles. The van der Waals surface area contributed by atoms with Gasteiger partial charge in [0, 0.05) is 17.4 Å². The summed E-state index contributed by atoms with van der Waals surface area (Å²) in [6.07, 6.45) is 15.6. The zero-order valence-electron chi connectivity index (χ0n) is 13.0. The molecule has 2 rings (SSSR count). The van der Waals surface area contributed by atoms with Crippen molar-refractivity contribution in [3.05, 3.63) is 64.8 Å². The molecule has 0 spiro atoms. The van der Waals surface area contributed by atoms with Gasteiger partial charge in [-0.2, -0.15) is 0 Å². The lowest BCUT2D eigenvalue weighted by molar-refractivity contribution is 0.660. The topological polar surface area (TPSA) is 0 Å². The summed E-state index contributed by atoms with van der Waals surface area (Å²) in [6, 6.07) is 6.56. The van der Waals surface area contributed by atoms with Gasteiger partial charge in [0.05, 0.1) is 0 Å². The van der Waals surface area contributed by atoms with Crippen LogP contribution in [0.15, 0.2) is 48.1 Å². The lowest BCUT2D eigenvalue weighted by Gasteiger charge is -2.22. The third-order valence-corrected chi connectivity index (χ3v) is 4.03. The Balaban J connectivity index is 2.72. The Morgan fingerprint density at radius 3 is 2.67 bits per heavy atom. The molecule has 0 N–H and O–H groups in total. The van der Waals surface area contributed by atoms with Crippen LogP contribution in [0.4, 0.5) is 0 Å². The maximum atomic E-state index is 5.47. The Morgan fingerprint density at radius 1 is 1.33 bits per heavy atom. The van der Waals surface area contributed by atoms with Crippen molar-refractivity contribution in [3.63, 3.8) is 0 Å². The number of aryl methyl sites for hydroxylation is 1. The van der Waals surface area contributed by atoms with Gasteiger partial charge in [-0.3, -0.25) is 0 Å². The van der Waals surface area contributed by atoms with Crippen molar-refractivity contribution in [1.82, 2.24) is 0 Å². The van der Waals surface area contributed by atoms with Crippen LogP contribution in [-0.2, 0) is 5.41 Å². The molecule has 0 nitrogen and oxygen atoms in total. The van der Waals surface area contributed by atoms with Crippen molar-refractivity contribution in [2.24, 2.45) is 0 Å². The molecule has 0 amide bonds. The molecule has 104 valence electrons. The molecule has 1 aliphatic rings. The van der Waals surface area contributed by atoms with Gasteiger partial charge in [-0.1, -0.05) is 56.2 Å². The van der Waals surface area contributed by atoms with Crippen molar-refractivity contribution in [3.8, 4) is 24.7 Å². The van der Waals surface area contributed by atoms with Gasteiger partial charge in [0.15, 0.2) is 0 Å². The average molecular weight is 272 g/mol. The first kappa shape index (κ1) is 15.0. The highest BCUT2D eigenvalue weighted by Gasteiger charge is 2.37. The molecule has 0 aromatic heterocycles. The Labute approximate surface area is 128 Å². The van der Waals surface area contributed by atoms with E-state index in [-0.39, 0.29) is 5.41 Å². The third kappa shape index (κ3) is 2.58. The van der Waals surface area contributed by atoms with Gasteiger partial charge >= 0.3 is 0 Å². The minimum atomic E-state index is -0.0957. The van der Waals surface area contributed by atoms with Gasteiger partial charge in [0.1, 0.15) is 0 Å². The van der Waals surface area contributed by atoms with E-state index < -0.39 is 0 Å². The van der Waals surface area contributed by atoms with E-state index in [0.29, 0.717) is 12.0 Å². The fourth-order valence-corrected chi connectivity index (χ4v) is 2.89. The molecule has 1 aliphatic carbocycles. The van der Waals surface area contributed by atoms with E-state index in [1.54, 1.807) is 0 Å². The second-order valence-corrected chi connectivity index (χ2v) is 5.93. The van der Waals surface area contributed by atoms with Crippen LogP contribution >= 0.6 is 0 Å². The lowest BCUT2D eigenvalue weighted by Crippen LogP contribution is -2.15. The second kappa shape index (κ2) is 5.51. The molecule has 0 saturated carbocycles. The standard InChI is InChI=1S/C21H20/c1-7-9-10-17-18-12-11-16(4)14-20(18)21(5,6)19(17)13-15(3)8-2/h1-2,10-14H,3,9H2,4-6H3/b17-10-,19-13+. The molecule has 0 unspecified atom stereocenters. The molecule has 0 heteroatoms. The van der Waals surface area contributed by atoms with Crippen molar-refractivity contribution in [2.45, 2.75) is 32.6 Å². The third-order valence-electron chi connectivity index (χ3n) is 4.03. The van der Waals surface area contributed by atoms with Gasteiger partial charge in [-0.05, 0) is 35.3 Å². The van der Waals surface area contributed by atoms with Crippen LogP contribution < -0.4 is 0 Å². The molecule has 21 heavy (non-hydrogen) atoms. The van der Waals surface area contributed by atoms with E-state index in [1.807, 2.05) is 6.08 Å². The van der Waals surface area contributed by atoms with E-state index in [1.165, 1.54) is 27.8 Å². The van der Waals surface area contributed by atoms with Gasteiger partial charge in [0.25, 0.3) is 0 Å². The predicted molar refractivity (Wildman–Crippen MR) is 91.7 cm³/mol. The smallest absolute Gasteiger partial charge is 0.0276 e. The summed E-state index contributed by atoms with van der Waals surface area (Å²) in [6.45, 7) is 10.5. The maximum absolute atomic E-state index is 5.47. The summed E-state index contributed by atoms with van der Waals surface area (Å²) in [5, 5.41) is 0. The van der Waals surface area contributed by atoms with Crippen LogP contribution in [0.1, 0.15) is 37.0 Å². The summed E-state index contributed by atoms with van der Waals surface area (Å²) in [7, 11) is 0. The molecule has 0 bridgehead atoms. The van der Waals surface area contributed by atoms with E-state index in [0.717, 1.165) is 0 Å². The largest absolute Gasteiger partial charge is 0.120 e. The van der Waals surface area contributed by atoms with E-state index in [2.05, 4.69) is 63.5 Å². The van der Waals surface area contributed by atoms with Crippen LogP contribution in [0, 0.1) is 31.6 Å². The van der Waals surface area contributed by atoms with Crippen molar-refractivity contribution < 1.29 is 0 Å². The Morgan fingerprint density at radius 2 is 2.05 bits per heavy atom. The number of benzene rings is 1. The van der Waals surface area contributed by atoms with Crippen molar-refractivity contribution in [1.29, 1.82) is 0 Å². The summed E-state index contributed by atoms with van der Waals surface area (Å²) >= 11 is 0. The normalized spacial score (nSPS) is 19.1. The minimum Gasteiger partial charge on any atom is -0.120 e. The summed E-state index contributed by atoms with van der Waals surface area (Å²) in [5.74, 6) is 5.29. The number of hydrogen-bond acceptors (Lipinski definition) is 0. The zero-order chi connectivity index (χ0) is 15.6. The van der Waals surface area contributed by atoms with Gasteiger partial charge in [-0.15, -0.1) is 18.8 Å². The second-order valence-electron chi connectivity index (χ2n) is 5.93. The Hall–Kier alpha value is -2.44. The monoisotopic (exact) mass is 272 g/mol. The highest BCUT2D eigenvalue weighted by molar-refractivity contribution is 5.90. The number of hydrogen-bond donors (Lipinski definition) is 0. The van der Waals surface area contributed by atoms with Crippen LogP contribution in [0.2, 0.25) is 0 Å². The first-order chi connectivity index (χ1) is 9.91. The Kier molecular flexibility index (Phi) is 3.93. The van der Waals surface area contributed by atoms with Crippen molar-refractivity contribution >= 4 is 5.57 Å². The molecule has 0 fully saturated rings. The highest BCUT2D eigenvalue weighted by Crippen LogP contribution is 2.50. The van der Waals surface area contributed by atoms with Gasteiger partial charge in [-0.25, -0.2) is 0 Å². The van der Waals surface area contributed by atoms with E-state index in [4.69, 9.17) is 12.8 Å². The number of terminal acetylenes is 2. The SMILES string of the molecule is C#CC/C=C1\C(=C/C(=C)C#C)C(C)(C)c2cc(C)ccc21. The molecule has 1 aromatic carbocycles. The Bertz CT molecular complexity index is 737. The number of rotatable bonds is 2. The molecular weight excluding hydrogens is 252 g/mol. The zero-order valence-corrected chi connectivity index (χ0v) is 13.0. The fourth-order valence-electron chi connectivity index (χ4n) is 2.89. The molecule has 0 saturated heterocycles. The summed E-state index contributed by atoms with van der Waals surface area (Å²) in [4.78, 5) is 0. The number of fused-ring (bicyclic) bond motifs is 1. The lowest BCUT2D eigenvalue weighted by atomic mass is 9.81. The van der Waals surface area contributed by atoms with Crippen LogP contribution in [0.3, 0.4) is 0 Å². The van der Waals surface area contributed by atoms with Gasteiger partial charge < -0.3 is 0 Å². The maximum Gasteiger partial charge on any atom is 0.0276 e. The van der Waals surface area contributed by atoms with Gasteiger partial charge in [0.2, 0.25) is 0 Å². The molecule has 0 atom stereocenters. The molecule has 0 heterocycles. The first-order valence-electron chi connectivity index (χ1n) is 7.05. The van der Waals surface area contributed by atoms with E-state index in [9.17, 15) is 0 Å². The number of allylic oxidation sites excluding steroid dienone is 5. The minimum absolute atomic E-state index is 0.0957. The molecular formula is C21H20. The van der Waals surface area contributed by atoms with Crippen molar-refractivity contribution in [2.75, 3.05) is 0 Å². The fraction of sp³-hybridized carbons (Fsp3) is 0.238. The van der Waals surface area contributed by atoms with Crippen LogP contribution in [0.5, 0.6) is 0 Å².